The molecule has 7 atom stereocenters. The standard InChI is InChI=1S/C50H70ClN7O6/c1-48(2)45(49(3,4)46(48)63-34-10-8-29(23-52)38(51)22-34)56-43(59)32-24-54-47(55-25-32)58-16-13-28(14-17-58)27-62-40-19-31-18-30(40)20-41(31)64-39-11-9-33(50(5,6)61)21-36(39)37-26-57(7)44(60)42-35(37)12-15-53-42/h8-11,21-22,26,28,30-32,35,40-43,45-47,53-56,59,61H,12-20,24-25,27H2,1-7H3. The van der Waals surface area contributed by atoms with Crippen LogP contribution in [-0.2, 0) is 15.1 Å². The lowest BCUT2D eigenvalue weighted by molar-refractivity contribution is -0.182. The lowest BCUT2D eigenvalue weighted by atomic mass is 9.49. The van der Waals surface area contributed by atoms with E-state index >= 15 is 0 Å². The van der Waals surface area contributed by atoms with Crippen molar-refractivity contribution in [3.8, 4) is 17.6 Å². The summed E-state index contributed by atoms with van der Waals surface area (Å²) in [7, 11) is 1.83. The fourth-order valence-electron chi connectivity index (χ4n) is 12.8. The van der Waals surface area contributed by atoms with Crippen molar-refractivity contribution < 1.29 is 29.2 Å². The van der Waals surface area contributed by atoms with Gasteiger partial charge in [-0.2, -0.15) is 5.26 Å². The Bertz CT molecular complexity index is 2100. The van der Waals surface area contributed by atoms with Crippen LogP contribution in [0.25, 0.3) is 5.57 Å². The molecule has 7 aliphatic rings. The van der Waals surface area contributed by atoms with Gasteiger partial charge in [-0.15, -0.1) is 0 Å². The van der Waals surface area contributed by atoms with Crippen molar-refractivity contribution in [3.05, 3.63) is 64.3 Å². The smallest absolute Gasteiger partial charge is 0.244 e. The summed E-state index contributed by atoms with van der Waals surface area (Å²) in [6.45, 7) is 17.3. The molecular formula is C50H70ClN7O6. The average Bonchev–Trinajstić information content (AvgIpc) is 4.03. The van der Waals surface area contributed by atoms with Gasteiger partial charge in [-0.3, -0.25) is 25.6 Å². The lowest BCUT2D eigenvalue weighted by Gasteiger charge is -2.64. The maximum atomic E-state index is 13.0. The molecule has 14 heteroatoms. The van der Waals surface area contributed by atoms with Gasteiger partial charge in [0.1, 0.15) is 42.3 Å². The molecule has 13 nitrogen and oxygen atoms in total. The molecule has 2 aromatic carbocycles. The van der Waals surface area contributed by atoms with Crippen LogP contribution in [0.1, 0.15) is 96.8 Å². The van der Waals surface area contributed by atoms with E-state index in [0.717, 1.165) is 87.2 Å². The van der Waals surface area contributed by atoms with E-state index in [1.165, 1.54) is 0 Å². The first-order valence-corrected chi connectivity index (χ1v) is 24.2. The van der Waals surface area contributed by atoms with Gasteiger partial charge in [-0.1, -0.05) is 45.4 Å². The molecule has 348 valence electrons. The van der Waals surface area contributed by atoms with Gasteiger partial charge in [0.25, 0.3) is 0 Å². The number of hydrogen-bond donors (Lipinski definition) is 6. The van der Waals surface area contributed by atoms with Crippen molar-refractivity contribution in [2.75, 3.05) is 46.4 Å². The highest BCUT2D eigenvalue weighted by Gasteiger charge is 2.64. The molecule has 64 heavy (non-hydrogen) atoms. The number of rotatable bonds is 13. The molecule has 3 saturated heterocycles. The third-order valence-electron chi connectivity index (χ3n) is 16.2. The van der Waals surface area contributed by atoms with E-state index in [1.54, 1.807) is 23.1 Å². The number of nitrogens with zero attached hydrogens (tertiary/aromatic N) is 3. The third-order valence-corrected chi connectivity index (χ3v) is 16.5. The van der Waals surface area contributed by atoms with Crippen LogP contribution < -0.4 is 30.7 Å². The van der Waals surface area contributed by atoms with Gasteiger partial charge in [0, 0.05) is 86.4 Å². The van der Waals surface area contributed by atoms with Gasteiger partial charge in [0.2, 0.25) is 5.91 Å². The first-order chi connectivity index (χ1) is 30.4. The van der Waals surface area contributed by atoms with Crippen LogP contribution in [0.15, 0.2) is 42.6 Å². The third kappa shape index (κ3) is 8.72. The summed E-state index contributed by atoms with van der Waals surface area (Å²) in [5.41, 5.74) is 1.84. The Hall–Kier alpha value is -3.29. The minimum atomic E-state index is -0.998. The van der Waals surface area contributed by atoms with Crippen LogP contribution in [0.2, 0.25) is 5.02 Å². The van der Waals surface area contributed by atoms with E-state index in [9.17, 15) is 20.3 Å². The van der Waals surface area contributed by atoms with Gasteiger partial charge < -0.3 is 34.6 Å². The Kier molecular flexibility index (Phi) is 12.7. The predicted octanol–water partition coefficient (Wildman–Crippen LogP) is 5.39. The zero-order chi connectivity index (χ0) is 45.3. The van der Waals surface area contributed by atoms with Gasteiger partial charge >= 0.3 is 0 Å². The van der Waals surface area contributed by atoms with Crippen LogP contribution in [0.5, 0.6) is 11.5 Å². The number of amides is 1. The van der Waals surface area contributed by atoms with E-state index in [0.29, 0.717) is 47.2 Å². The number of nitrogens with one attached hydrogen (secondary N) is 4. The van der Waals surface area contributed by atoms with Crippen LogP contribution in [0, 0.1) is 51.8 Å². The molecule has 4 aliphatic heterocycles. The fraction of sp³-hybridized carbons (Fsp3) is 0.680. The summed E-state index contributed by atoms with van der Waals surface area (Å²) in [5, 5.41) is 46.4. The first-order valence-electron chi connectivity index (χ1n) is 23.8. The zero-order valence-corrected chi connectivity index (χ0v) is 39.5. The molecule has 2 bridgehead atoms. The van der Waals surface area contributed by atoms with E-state index in [4.69, 9.17) is 25.8 Å². The molecular weight excluding hydrogens is 830 g/mol. The fourth-order valence-corrected chi connectivity index (χ4v) is 13.0. The Balaban J connectivity index is 0.713. The number of aliphatic hydroxyl groups is 2. The molecule has 9 rings (SSSR count). The molecule has 7 unspecified atom stereocenters. The molecule has 3 saturated carbocycles. The van der Waals surface area contributed by atoms with Crippen molar-refractivity contribution in [2.45, 2.75) is 129 Å². The summed E-state index contributed by atoms with van der Waals surface area (Å²) >= 11 is 6.29. The quantitative estimate of drug-likeness (QED) is 0.143. The summed E-state index contributed by atoms with van der Waals surface area (Å²) in [6, 6.07) is 13.2. The normalized spacial score (nSPS) is 34.2. The molecule has 2 aromatic rings. The van der Waals surface area contributed by atoms with Gasteiger partial charge in [-0.25, -0.2) is 0 Å². The molecule has 1 amide bonds. The molecule has 0 spiro atoms. The average molecular weight is 901 g/mol. The highest BCUT2D eigenvalue weighted by molar-refractivity contribution is 6.31. The molecule has 6 N–H and O–H groups in total. The second-order valence-electron chi connectivity index (χ2n) is 21.8. The van der Waals surface area contributed by atoms with Crippen LogP contribution in [-0.4, -0.2) is 115 Å². The minimum absolute atomic E-state index is 0.0135. The molecule has 3 aliphatic carbocycles. The van der Waals surface area contributed by atoms with E-state index in [-0.39, 0.29) is 65.3 Å². The number of ether oxygens (including phenoxy) is 3. The molecule has 6 fully saturated rings. The maximum absolute atomic E-state index is 13.0. The summed E-state index contributed by atoms with van der Waals surface area (Å²) in [4.78, 5) is 17.2. The zero-order valence-electron chi connectivity index (χ0n) is 38.7. The number of halogens is 1. The maximum Gasteiger partial charge on any atom is 0.244 e. The Labute approximate surface area is 384 Å². The van der Waals surface area contributed by atoms with Crippen molar-refractivity contribution in [2.24, 2.45) is 40.4 Å². The van der Waals surface area contributed by atoms with E-state index < -0.39 is 11.8 Å². The Morgan fingerprint density at radius 3 is 2.33 bits per heavy atom. The Morgan fingerprint density at radius 1 is 0.969 bits per heavy atom. The summed E-state index contributed by atoms with van der Waals surface area (Å²) in [5.74, 6) is 3.16. The van der Waals surface area contributed by atoms with Gasteiger partial charge in [0.05, 0.1) is 28.3 Å². The largest absolute Gasteiger partial charge is 0.489 e. The number of likely N-dealkylation sites (tertiary alicyclic amines) is 1. The molecule has 0 radical (unpaired) electrons. The van der Waals surface area contributed by atoms with Crippen molar-refractivity contribution >= 4 is 23.1 Å². The SMILES string of the molecule is CN1C=C(c2cc(C(C)(C)O)ccc2OC2CC3CC2CC3OCC2CCN(C3NCC(C(O)NC4C(C)(C)C(Oc5ccc(C#N)c(Cl)c5)C4(C)C)CN3)CC2)C2CCNC2C1=O. The number of fused-ring (bicyclic) bond motifs is 3. The second kappa shape index (κ2) is 17.7. The van der Waals surface area contributed by atoms with Crippen molar-refractivity contribution in [1.82, 2.24) is 31.1 Å². The highest BCUT2D eigenvalue weighted by atomic mass is 35.5. The van der Waals surface area contributed by atoms with Crippen molar-refractivity contribution in [1.29, 1.82) is 5.26 Å². The molecule has 0 aromatic heterocycles. The number of aliphatic hydroxyl groups excluding tert-OH is 1. The van der Waals surface area contributed by atoms with Crippen LogP contribution in [0.3, 0.4) is 0 Å². The van der Waals surface area contributed by atoms with E-state index in [1.807, 2.05) is 39.2 Å². The number of likely N-dealkylation sites (N-methyl/N-ethyl adjacent to an activating group) is 1. The number of piperidine rings is 1. The van der Waals surface area contributed by atoms with Gasteiger partial charge in [0.15, 0.2) is 0 Å². The summed E-state index contributed by atoms with van der Waals surface area (Å²) in [6.07, 6.45) is 7.90. The van der Waals surface area contributed by atoms with Crippen LogP contribution in [0.4, 0.5) is 0 Å². The molecule has 4 heterocycles. The minimum Gasteiger partial charge on any atom is -0.489 e. The predicted molar refractivity (Wildman–Crippen MR) is 246 cm³/mol. The lowest BCUT2D eigenvalue weighted by Crippen LogP contribution is -2.76. The first kappa shape index (κ1) is 45.8. The highest BCUT2D eigenvalue weighted by Crippen LogP contribution is 2.56. The monoisotopic (exact) mass is 900 g/mol. The Morgan fingerprint density at radius 2 is 1.67 bits per heavy atom. The van der Waals surface area contributed by atoms with E-state index in [2.05, 4.69) is 66.0 Å². The number of carbonyl (C=O) groups excluding carboxylic acids is 1. The summed E-state index contributed by atoms with van der Waals surface area (Å²) < 4.78 is 20.1. The number of nitriles is 1. The van der Waals surface area contributed by atoms with Gasteiger partial charge in [-0.05, 0) is 112 Å². The number of benzene rings is 2. The van der Waals surface area contributed by atoms with Crippen LogP contribution >= 0.6 is 11.6 Å². The number of carbonyl (C=O) groups is 1. The topological polar surface area (TPSA) is 164 Å². The van der Waals surface area contributed by atoms with Crippen molar-refractivity contribution in [3.63, 3.8) is 0 Å². The second-order valence-corrected chi connectivity index (χ2v) is 22.2. The number of hydrogen-bond acceptors (Lipinski definition) is 12.